The van der Waals surface area contributed by atoms with Crippen LogP contribution in [0.25, 0.3) is 0 Å². The summed E-state index contributed by atoms with van der Waals surface area (Å²) in [6.45, 7) is 1.81. The van der Waals surface area contributed by atoms with E-state index in [1.54, 1.807) is 12.1 Å². The second-order valence-electron chi connectivity index (χ2n) is 5.10. The Morgan fingerprint density at radius 3 is 2.67 bits per heavy atom. The summed E-state index contributed by atoms with van der Waals surface area (Å²) in [6, 6.07) is 6.99. The Bertz CT molecular complexity index is 555. The Morgan fingerprint density at radius 1 is 1.28 bits per heavy atom. The Kier molecular flexibility index (Phi) is 2.92. The summed E-state index contributed by atoms with van der Waals surface area (Å²) in [4.78, 5) is 0.368. The van der Waals surface area contributed by atoms with E-state index < -0.39 is 10.0 Å². The second kappa shape index (κ2) is 4.33. The van der Waals surface area contributed by atoms with Crippen molar-refractivity contribution in [3.63, 3.8) is 0 Å². The van der Waals surface area contributed by atoms with Crippen LogP contribution in [0.5, 0.6) is 0 Å². The van der Waals surface area contributed by atoms with Gasteiger partial charge in [-0.25, -0.2) is 13.1 Å². The number of sulfonamides is 1. The second-order valence-corrected chi connectivity index (χ2v) is 6.79. The van der Waals surface area contributed by atoms with E-state index in [4.69, 9.17) is 4.74 Å². The van der Waals surface area contributed by atoms with E-state index in [1.165, 1.54) is 0 Å². The van der Waals surface area contributed by atoms with Gasteiger partial charge < -0.3 is 4.74 Å². The number of aryl methyl sites for hydroxylation is 1. The zero-order valence-corrected chi connectivity index (χ0v) is 11.1. The summed E-state index contributed by atoms with van der Waals surface area (Å²) in [5, 5.41) is 0. The fraction of sp³-hybridized carbons (Fsp3) is 0.538. The van der Waals surface area contributed by atoms with Gasteiger partial charge >= 0.3 is 0 Å². The Morgan fingerprint density at radius 2 is 2.06 bits per heavy atom. The van der Waals surface area contributed by atoms with Crippen molar-refractivity contribution in [3.05, 3.63) is 29.8 Å². The third kappa shape index (κ3) is 2.06. The van der Waals surface area contributed by atoms with Gasteiger partial charge in [0.15, 0.2) is 0 Å². The zero-order valence-electron chi connectivity index (χ0n) is 10.3. The molecule has 0 aromatic heterocycles. The molecule has 0 radical (unpaired) electrons. The molecule has 0 amide bonds. The SMILES string of the molecule is Cc1ccccc1S(=O)(=O)NC1CC2CCC1O2. The summed E-state index contributed by atoms with van der Waals surface area (Å²) in [5.74, 6) is 0. The average Bonchev–Trinajstić information content (AvgIpc) is 2.90. The molecule has 2 aliphatic rings. The Balaban J connectivity index is 1.82. The quantitative estimate of drug-likeness (QED) is 0.905. The van der Waals surface area contributed by atoms with Gasteiger partial charge in [-0.15, -0.1) is 0 Å². The molecule has 3 rings (SSSR count). The van der Waals surface area contributed by atoms with Crippen molar-refractivity contribution < 1.29 is 13.2 Å². The molecule has 5 heteroatoms. The molecule has 1 N–H and O–H groups in total. The van der Waals surface area contributed by atoms with E-state index in [-0.39, 0.29) is 18.2 Å². The van der Waals surface area contributed by atoms with Gasteiger partial charge in [0.25, 0.3) is 0 Å². The lowest BCUT2D eigenvalue weighted by Gasteiger charge is -2.20. The summed E-state index contributed by atoms with van der Waals surface area (Å²) >= 11 is 0. The van der Waals surface area contributed by atoms with E-state index in [9.17, 15) is 8.42 Å². The highest BCUT2D eigenvalue weighted by molar-refractivity contribution is 7.89. The fourth-order valence-corrected chi connectivity index (χ4v) is 4.41. The first-order valence-electron chi connectivity index (χ1n) is 6.30. The van der Waals surface area contributed by atoms with E-state index >= 15 is 0 Å². The van der Waals surface area contributed by atoms with E-state index in [2.05, 4.69) is 4.72 Å². The summed E-state index contributed by atoms with van der Waals surface area (Å²) in [5.41, 5.74) is 0.772. The fourth-order valence-electron chi connectivity index (χ4n) is 2.88. The summed E-state index contributed by atoms with van der Waals surface area (Å²) in [7, 11) is -3.43. The molecule has 2 saturated heterocycles. The lowest BCUT2D eigenvalue weighted by Crippen LogP contribution is -2.41. The third-order valence-electron chi connectivity index (χ3n) is 3.80. The minimum atomic E-state index is -3.43. The zero-order chi connectivity index (χ0) is 12.8. The molecule has 3 atom stereocenters. The van der Waals surface area contributed by atoms with Crippen LogP contribution in [0.15, 0.2) is 29.2 Å². The molecule has 2 fully saturated rings. The number of hydrogen-bond donors (Lipinski definition) is 1. The normalized spacial score (nSPS) is 30.8. The average molecular weight is 267 g/mol. The lowest BCUT2D eigenvalue weighted by atomic mass is 9.96. The van der Waals surface area contributed by atoms with Gasteiger partial charge in [-0.1, -0.05) is 18.2 Å². The highest BCUT2D eigenvalue weighted by atomic mass is 32.2. The number of benzene rings is 1. The predicted octanol–water partition coefficient (Wildman–Crippen LogP) is 1.59. The number of rotatable bonds is 3. The van der Waals surface area contributed by atoms with Gasteiger partial charge in [-0.2, -0.15) is 0 Å². The van der Waals surface area contributed by atoms with Crippen LogP contribution in [0.4, 0.5) is 0 Å². The van der Waals surface area contributed by atoms with Crippen molar-refractivity contribution in [3.8, 4) is 0 Å². The molecule has 0 aliphatic carbocycles. The predicted molar refractivity (Wildman–Crippen MR) is 67.8 cm³/mol. The van der Waals surface area contributed by atoms with Gasteiger partial charge in [0.1, 0.15) is 0 Å². The maximum Gasteiger partial charge on any atom is 0.241 e. The molecule has 4 nitrogen and oxygen atoms in total. The third-order valence-corrected chi connectivity index (χ3v) is 5.45. The van der Waals surface area contributed by atoms with E-state index in [0.29, 0.717) is 4.90 Å². The van der Waals surface area contributed by atoms with Crippen LogP contribution in [0.2, 0.25) is 0 Å². The lowest BCUT2D eigenvalue weighted by molar-refractivity contribution is 0.0996. The van der Waals surface area contributed by atoms with Crippen LogP contribution in [0, 0.1) is 6.92 Å². The largest absolute Gasteiger partial charge is 0.373 e. The standard InChI is InChI=1S/C13H17NO3S/c1-9-4-2-3-5-13(9)18(15,16)14-11-8-10-6-7-12(11)17-10/h2-5,10-12,14H,6-8H2,1H3. The van der Waals surface area contributed by atoms with Crippen molar-refractivity contribution in [1.82, 2.24) is 4.72 Å². The number of hydrogen-bond acceptors (Lipinski definition) is 3. The van der Waals surface area contributed by atoms with E-state index in [1.807, 2.05) is 19.1 Å². The molecule has 2 heterocycles. The van der Waals surface area contributed by atoms with Crippen LogP contribution >= 0.6 is 0 Å². The first-order chi connectivity index (χ1) is 8.56. The minimum Gasteiger partial charge on any atom is -0.373 e. The van der Waals surface area contributed by atoms with Crippen molar-refractivity contribution in [2.24, 2.45) is 0 Å². The van der Waals surface area contributed by atoms with Crippen molar-refractivity contribution in [1.29, 1.82) is 0 Å². The molecule has 2 aliphatic heterocycles. The first-order valence-corrected chi connectivity index (χ1v) is 7.78. The topological polar surface area (TPSA) is 55.4 Å². The molecule has 1 aromatic carbocycles. The number of fused-ring (bicyclic) bond motifs is 2. The molecular formula is C13H17NO3S. The van der Waals surface area contributed by atoms with Gasteiger partial charge in [-0.05, 0) is 37.8 Å². The van der Waals surface area contributed by atoms with Crippen LogP contribution < -0.4 is 4.72 Å². The number of ether oxygens (including phenoxy) is 1. The molecule has 18 heavy (non-hydrogen) atoms. The van der Waals surface area contributed by atoms with Crippen LogP contribution in [-0.2, 0) is 14.8 Å². The molecule has 1 aromatic rings. The molecule has 0 saturated carbocycles. The number of nitrogens with one attached hydrogen (secondary N) is 1. The van der Waals surface area contributed by atoms with Crippen LogP contribution in [0.3, 0.4) is 0 Å². The van der Waals surface area contributed by atoms with Gasteiger partial charge in [-0.3, -0.25) is 0 Å². The summed E-state index contributed by atoms with van der Waals surface area (Å²) in [6.07, 6.45) is 3.14. The van der Waals surface area contributed by atoms with Crippen molar-refractivity contribution >= 4 is 10.0 Å². The maximum absolute atomic E-state index is 12.3. The van der Waals surface area contributed by atoms with Crippen LogP contribution in [-0.4, -0.2) is 26.7 Å². The summed E-state index contributed by atoms with van der Waals surface area (Å²) < 4.78 is 33.1. The van der Waals surface area contributed by atoms with Gasteiger partial charge in [0, 0.05) is 0 Å². The van der Waals surface area contributed by atoms with Gasteiger partial charge in [0.2, 0.25) is 10.0 Å². The monoisotopic (exact) mass is 267 g/mol. The minimum absolute atomic E-state index is 0.0617. The molecule has 2 bridgehead atoms. The van der Waals surface area contributed by atoms with Crippen molar-refractivity contribution in [2.45, 2.75) is 49.3 Å². The van der Waals surface area contributed by atoms with E-state index in [0.717, 1.165) is 24.8 Å². The highest BCUT2D eigenvalue weighted by Crippen LogP contribution is 2.35. The van der Waals surface area contributed by atoms with Gasteiger partial charge in [0.05, 0.1) is 23.1 Å². The molecule has 0 spiro atoms. The highest BCUT2D eigenvalue weighted by Gasteiger charge is 2.42. The molecule has 3 unspecified atom stereocenters. The molecular weight excluding hydrogens is 250 g/mol. The maximum atomic E-state index is 12.3. The first kappa shape index (κ1) is 12.1. The smallest absolute Gasteiger partial charge is 0.241 e. The molecule has 98 valence electrons. The Hall–Kier alpha value is -0.910. The van der Waals surface area contributed by atoms with Crippen LogP contribution in [0.1, 0.15) is 24.8 Å². The Labute approximate surface area is 107 Å². The van der Waals surface area contributed by atoms with Crippen molar-refractivity contribution in [2.75, 3.05) is 0 Å².